The lowest BCUT2D eigenvalue weighted by Gasteiger charge is -2.35. The summed E-state index contributed by atoms with van der Waals surface area (Å²) in [6.07, 6.45) is -4.57. The van der Waals surface area contributed by atoms with Crippen LogP contribution in [0.2, 0.25) is 0 Å². The van der Waals surface area contributed by atoms with Gasteiger partial charge in [-0.05, 0) is 25.1 Å². The van der Waals surface area contributed by atoms with E-state index >= 15 is 0 Å². The molecule has 0 unspecified atom stereocenters. The molecule has 6 nitrogen and oxygen atoms in total. The van der Waals surface area contributed by atoms with Gasteiger partial charge in [-0.25, -0.2) is 4.68 Å². The predicted molar refractivity (Wildman–Crippen MR) is 97.0 cm³/mol. The van der Waals surface area contributed by atoms with Gasteiger partial charge in [0.1, 0.15) is 0 Å². The number of carbonyl (C=O) groups is 1. The van der Waals surface area contributed by atoms with E-state index in [-0.39, 0.29) is 11.1 Å². The molecule has 1 saturated heterocycles. The molecule has 0 radical (unpaired) electrons. The number of carbonyl (C=O) groups excluding carboxylic acids is 1. The zero-order chi connectivity index (χ0) is 20.3. The molecule has 0 aliphatic carbocycles. The van der Waals surface area contributed by atoms with Crippen LogP contribution in [-0.4, -0.2) is 58.2 Å². The lowest BCUT2D eigenvalue weighted by molar-refractivity contribution is -0.138. The lowest BCUT2D eigenvalue weighted by Crippen LogP contribution is -2.49. The fourth-order valence-corrected chi connectivity index (χ4v) is 3.21. The molecule has 9 heteroatoms. The third kappa shape index (κ3) is 4.59. The van der Waals surface area contributed by atoms with Gasteiger partial charge in [-0.2, -0.15) is 18.3 Å². The summed E-state index contributed by atoms with van der Waals surface area (Å²) < 4.78 is 40.8. The molecule has 3 rings (SSSR count). The van der Waals surface area contributed by atoms with Crippen LogP contribution < -0.4 is 5.56 Å². The van der Waals surface area contributed by atoms with Gasteiger partial charge in [-0.3, -0.25) is 14.5 Å². The highest BCUT2D eigenvalue weighted by Gasteiger charge is 2.36. The van der Waals surface area contributed by atoms with Crippen molar-refractivity contribution < 1.29 is 18.0 Å². The number of alkyl halides is 3. The molecule has 1 aliphatic heterocycles. The molecule has 0 spiro atoms. The topological polar surface area (TPSA) is 58.4 Å². The second-order valence-corrected chi connectivity index (χ2v) is 6.71. The van der Waals surface area contributed by atoms with Crippen LogP contribution in [0, 0.1) is 6.92 Å². The summed E-state index contributed by atoms with van der Waals surface area (Å²) in [7, 11) is 0. The van der Waals surface area contributed by atoms with E-state index in [1.165, 1.54) is 33.8 Å². The van der Waals surface area contributed by atoms with E-state index in [0.29, 0.717) is 39.3 Å². The quantitative estimate of drug-likeness (QED) is 0.796. The van der Waals surface area contributed by atoms with Gasteiger partial charge in [0.25, 0.3) is 11.5 Å². The van der Waals surface area contributed by atoms with Gasteiger partial charge in [-0.15, -0.1) is 0 Å². The first kappa shape index (κ1) is 20.1. The van der Waals surface area contributed by atoms with Gasteiger partial charge >= 0.3 is 6.18 Å². The minimum absolute atomic E-state index is 0.178. The lowest BCUT2D eigenvalue weighted by atomic mass is 10.1. The molecule has 2 aromatic rings. The van der Waals surface area contributed by atoms with Crippen molar-refractivity contribution >= 4 is 5.91 Å². The zero-order valence-corrected chi connectivity index (χ0v) is 15.4. The summed E-state index contributed by atoms with van der Waals surface area (Å²) in [5, 5.41) is 4.18. The van der Waals surface area contributed by atoms with Crippen LogP contribution in [0.5, 0.6) is 0 Å². The Morgan fingerprint density at radius 1 is 1.04 bits per heavy atom. The number of halogens is 3. The van der Waals surface area contributed by atoms with Gasteiger partial charge in [0.2, 0.25) is 0 Å². The Morgan fingerprint density at radius 2 is 1.71 bits per heavy atom. The predicted octanol–water partition coefficient (Wildman–Crippen LogP) is 2.03. The van der Waals surface area contributed by atoms with E-state index in [9.17, 15) is 22.8 Å². The number of aromatic nitrogens is 2. The van der Waals surface area contributed by atoms with Crippen molar-refractivity contribution in [1.82, 2.24) is 19.6 Å². The average molecular weight is 394 g/mol. The Morgan fingerprint density at radius 3 is 2.39 bits per heavy atom. The van der Waals surface area contributed by atoms with Crippen molar-refractivity contribution in [2.24, 2.45) is 0 Å². The monoisotopic (exact) mass is 394 g/mol. The molecule has 1 aromatic heterocycles. The van der Waals surface area contributed by atoms with Crippen LogP contribution >= 0.6 is 0 Å². The third-order valence-corrected chi connectivity index (χ3v) is 4.75. The molecule has 1 aliphatic rings. The molecular weight excluding hydrogens is 373 g/mol. The minimum atomic E-state index is -4.57. The number of piperazine rings is 1. The fraction of sp³-hybridized carbons (Fsp3) is 0.421. The maximum Gasteiger partial charge on any atom is 0.417 e. The van der Waals surface area contributed by atoms with Crippen molar-refractivity contribution in [3.63, 3.8) is 0 Å². The molecular formula is C19H21F3N4O2. The molecule has 0 saturated carbocycles. The average Bonchev–Trinajstić information content (AvgIpc) is 2.68. The van der Waals surface area contributed by atoms with Crippen molar-refractivity contribution in [1.29, 1.82) is 0 Å². The fourth-order valence-electron chi connectivity index (χ4n) is 3.21. The van der Waals surface area contributed by atoms with Crippen molar-refractivity contribution in [2.45, 2.75) is 19.6 Å². The summed E-state index contributed by atoms with van der Waals surface area (Å²) in [6.45, 7) is 4.53. The molecule has 1 fully saturated rings. The van der Waals surface area contributed by atoms with Crippen molar-refractivity contribution in [3.8, 4) is 0 Å². The summed E-state index contributed by atoms with van der Waals surface area (Å²) in [6, 6.07) is 7.98. The Balaban J connectivity index is 1.59. The molecule has 0 N–H and O–H groups in total. The van der Waals surface area contributed by atoms with Gasteiger partial charge in [0, 0.05) is 38.8 Å². The second-order valence-electron chi connectivity index (χ2n) is 6.71. The standard InChI is InChI=1S/C19H21F3N4O2/c1-14-6-7-17(27)26(23-14)13-10-24-8-11-25(12-9-24)18(28)15-4-2-3-5-16(15)19(20,21)22/h2-7H,8-13H2,1H3. The summed E-state index contributed by atoms with van der Waals surface area (Å²) in [5.41, 5.74) is -0.659. The molecule has 28 heavy (non-hydrogen) atoms. The molecule has 0 atom stereocenters. The highest BCUT2D eigenvalue weighted by atomic mass is 19.4. The first-order valence-electron chi connectivity index (χ1n) is 8.98. The summed E-state index contributed by atoms with van der Waals surface area (Å²) in [5.74, 6) is -0.607. The Kier molecular flexibility index (Phi) is 5.83. The first-order valence-corrected chi connectivity index (χ1v) is 8.98. The van der Waals surface area contributed by atoms with Gasteiger partial charge in [0.15, 0.2) is 0 Å². The molecule has 0 bridgehead atoms. The summed E-state index contributed by atoms with van der Waals surface area (Å²) >= 11 is 0. The number of nitrogens with zero attached hydrogens (tertiary/aromatic N) is 4. The number of rotatable bonds is 4. The van der Waals surface area contributed by atoms with Crippen LogP contribution in [0.1, 0.15) is 21.6 Å². The molecule has 1 aromatic carbocycles. The zero-order valence-electron chi connectivity index (χ0n) is 15.4. The number of hydrogen-bond acceptors (Lipinski definition) is 4. The third-order valence-electron chi connectivity index (χ3n) is 4.75. The highest BCUT2D eigenvalue weighted by molar-refractivity contribution is 5.96. The van der Waals surface area contributed by atoms with E-state index in [4.69, 9.17) is 0 Å². The Hall–Kier alpha value is -2.68. The second kappa shape index (κ2) is 8.14. The minimum Gasteiger partial charge on any atom is -0.336 e. The molecule has 2 heterocycles. The van der Waals surface area contributed by atoms with E-state index in [2.05, 4.69) is 10.00 Å². The Bertz CT molecular complexity index is 903. The van der Waals surface area contributed by atoms with Crippen LogP contribution in [0.15, 0.2) is 41.2 Å². The van der Waals surface area contributed by atoms with E-state index < -0.39 is 17.6 Å². The number of amides is 1. The normalized spacial score (nSPS) is 15.6. The van der Waals surface area contributed by atoms with Crippen LogP contribution in [-0.2, 0) is 12.7 Å². The summed E-state index contributed by atoms with van der Waals surface area (Å²) in [4.78, 5) is 27.9. The SMILES string of the molecule is Cc1ccc(=O)n(CCN2CCN(C(=O)c3ccccc3C(F)(F)F)CC2)n1. The largest absolute Gasteiger partial charge is 0.417 e. The van der Waals surface area contributed by atoms with E-state index in [0.717, 1.165) is 11.8 Å². The van der Waals surface area contributed by atoms with E-state index in [1.54, 1.807) is 13.0 Å². The smallest absolute Gasteiger partial charge is 0.336 e. The maximum atomic E-state index is 13.1. The van der Waals surface area contributed by atoms with Gasteiger partial charge in [-0.1, -0.05) is 12.1 Å². The van der Waals surface area contributed by atoms with Gasteiger partial charge in [0.05, 0.1) is 23.4 Å². The van der Waals surface area contributed by atoms with Crippen LogP contribution in [0.4, 0.5) is 13.2 Å². The van der Waals surface area contributed by atoms with E-state index in [1.807, 2.05) is 0 Å². The number of benzene rings is 1. The van der Waals surface area contributed by atoms with Crippen LogP contribution in [0.25, 0.3) is 0 Å². The maximum absolute atomic E-state index is 13.1. The van der Waals surface area contributed by atoms with Crippen molar-refractivity contribution in [2.75, 3.05) is 32.7 Å². The van der Waals surface area contributed by atoms with Crippen LogP contribution in [0.3, 0.4) is 0 Å². The molecule has 150 valence electrons. The Labute approximate surface area is 160 Å². The first-order chi connectivity index (χ1) is 13.3. The number of hydrogen-bond donors (Lipinski definition) is 0. The molecule has 1 amide bonds. The number of aryl methyl sites for hydroxylation is 1. The highest BCUT2D eigenvalue weighted by Crippen LogP contribution is 2.32. The van der Waals surface area contributed by atoms with Crippen molar-refractivity contribution in [3.05, 3.63) is 63.6 Å². The van der Waals surface area contributed by atoms with Gasteiger partial charge < -0.3 is 4.90 Å².